The maximum atomic E-state index is 13.0. The first-order valence-corrected chi connectivity index (χ1v) is 12.1. The molecule has 3 aromatic rings. The predicted molar refractivity (Wildman–Crippen MR) is 137 cm³/mol. The normalized spacial score (nSPS) is 14.0. The van der Waals surface area contributed by atoms with Gasteiger partial charge in [-0.1, -0.05) is 42.5 Å². The van der Waals surface area contributed by atoms with Crippen LogP contribution in [0.3, 0.4) is 0 Å². The molecule has 0 aromatic heterocycles. The van der Waals surface area contributed by atoms with E-state index in [-0.39, 0.29) is 0 Å². The Morgan fingerprint density at radius 2 is 1.83 bits per heavy atom. The molecular formula is C30H34O5. The Bertz CT molecular complexity index is 1180. The lowest BCUT2D eigenvalue weighted by molar-refractivity contribution is -0.164. The minimum atomic E-state index is -0.900. The summed E-state index contributed by atoms with van der Waals surface area (Å²) in [7, 11) is 1.39. The van der Waals surface area contributed by atoms with Crippen molar-refractivity contribution in [1.29, 1.82) is 0 Å². The topological polar surface area (TPSA) is 54.0 Å². The number of aryl methyl sites for hydroxylation is 2. The second-order valence-corrected chi connectivity index (χ2v) is 9.85. The summed E-state index contributed by atoms with van der Waals surface area (Å²) in [5, 5.41) is 0. The SMILES string of the molecule is COC(=O)[C@@H](OC(C)(C)C)c1c(C)ccc(OCc2ccccc2)c1-c1ccc2c(c1)CCCO2. The molecule has 0 bridgehead atoms. The van der Waals surface area contributed by atoms with Crippen LogP contribution < -0.4 is 9.47 Å². The van der Waals surface area contributed by atoms with Crippen molar-refractivity contribution in [2.24, 2.45) is 0 Å². The van der Waals surface area contributed by atoms with Gasteiger partial charge in [0, 0.05) is 11.1 Å². The van der Waals surface area contributed by atoms with E-state index < -0.39 is 17.7 Å². The second kappa shape index (κ2) is 10.5. The first-order valence-electron chi connectivity index (χ1n) is 12.1. The zero-order valence-electron chi connectivity index (χ0n) is 21.2. The quantitative estimate of drug-likeness (QED) is 0.361. The summed E-state index contributed by atoms with van der Waals surface area (Å²) in [4.78, 5) is 13.0. The second-order valence-electron chi connectivity index (χ2n) is 9.85. The summed E-state index contributed by atoms with van der Waals surface area (Å²) in [6.07, 6.45) is 1.03. The monoisotopic (exact) mass is 474 g/mol. The minimum Gasteiger partial charge on any atom is -0.493 e. The summed E-state index contributed by atoms with van der Waals surface area (Å²) >= 11 is 0. The van der Waals surface area contributed by atoms with E-state index in [0.29, 0.717) is 12.4 Å². The van der Waals surface area contributed by atoms with Crippen molar-refractivity contribution in [3.05, 3.63) is 82.9 Å². The molecule has 0 spiro atoms. The number of hydrogen-bond donors (Lipinski definition) is 0. The fraction of sp³-hybridized carbons (Fsp3) is 0.367. The summed E-state index contributed by atoms with van der Waals surface area (Å²) in [6, 6.07) is 20.2. The van der Waals surface area contributed by atoms with Gasteiger partial charge in [-0.3, -0.25) is 0 Å². The van der Waals surface area contributed by atoms with Crippen LogP contribution in [0.4, 0.5) is 0 Å². The molecule has 4 rings (SSSR count). The van der Waals surface area contributed by atoms with E-state index in [2.05, 4.69) is 6.07 Å². The lowest BCUT2D eigenvalue weighted by atomic mass is 9.89. The number of ether oxygens (including phenoxy) is 4. The van der Waals surface area contributed by atoms with Crippen molar-refractivity contribution in [3.8, 4) is 22.6 Å². The Kier molecular flexibility index (Phi) is 7.46. The van der Waals surface area contributed by atoms with Gasteiger partial charge >= 0.3 is 5.97 Å². The van der Waals surface area contributed by atoms with Crippen LogP contribution in [0.25, 0.3) is 11.1 Å². The summed E-state index contributed by atoms with van der Waals surface area (Å²) in [5.74, 6) is 1.17. The van der Waals surface area contributed by atoms with E-state index in [1.54, 1.807) is 0 Å². The number of methoxy groups -OCH3 is 1. The summed E-state index contributed by atoms with van der Waals surface area (Å²) in [5.41, 5.74) is 5.15. The van der Waals surface area contributed by atoms with Gasteiger partial charge in [-0.05, 0) is 81.0 Å². The zero-order valence-corrected chi connectivity index (χ0v) is 21.2. The Labute approximate surface area is 208 Å². The van der Waals surface area contributed by atoms with Crippen LogP contribution in [0.2, 0.25) is 0 Å². The summed E-state index contributed by atoms with van der Waals surface area (Å²) in [6.45, 7) is 8.94. The van der Waals surface area contributed by atoms with Gasteiger partial charge in [-0.15, -0.1) is 0 Å². The van der Waals surface area contributed by atoms with Gasteiger partial charge in [0.25, 0.3) is 0 Å². The standard InChI is InChI=1S/C30H34O5/c1-20-13-15-25(34-19-21-10-7-6-8-11-21)27(23-14-16-24-22(18-23)12-9-17-33-24)26(20)28(29(31)32-5)35-30(2,3)4/h6-8,10-11,13-16,18,28H,9,12,17,19H2,1-5H3/t28-/m0/s1. The highest BCUT2D eigenvalue weighted by atomic mass is 16.6. The van der Waals surface area contributed by atoms with Crippen LogP contribution in [0, 0.1) is 6.92 Å². The molecule has 5 nitrogen and oxygen atoms in total. The third-order valence-corrected chi connectivity index (χ3v) is 6.01. The van der Waals surface area contributed by atoms with E-state index in [1.807, 2.05) is 82.3 Å². The minimum absolute atomic E-state index is 0.410. The van der Waals surface area contributed by atoms with Crippen molar-refractivity contribution >= 4 is 5.97 Å². The molecule has 0 saturated carbocycles. The molecule has 35 heavy (non-hydrogen) atoms. The molecule has 5 heteroatoms. The molecule has 3 aromatic carbocycles. The van der Waals surface area contributed by atoms with Gasteiger partial charge in [0.05, 0.1) is 19.3 Å². The largest absolute Gasteiger partial charge is 0.493 e. The molecule has 0 saturated heterocycles. The third-order valence-electron chi connectivity index (χ3n) is 6.01. The average Bonchev–Trinajstić information content (AvgIpc) is 2.86. The summed E-state index contributed by atoms with van der Waals surface area (Å²) < 4.78 is 23.7. The van der Waals surface area contributed by atoms with Crippen molar-refractivity contribution in [3.63, 3.8) is 0 Å². The van der Waals surface area contributed by atoms with E-state index in [4.69, 9.17) is 18.9 Å². The fourth-order valence-corrected chi connectivity index (χ4v) is 4.40. The molecule has 0 amide bonds. The number of fused-ring (bicyclic) bond motifs is 1. The highest BCUT2D eigenvalue weighted by Gasteiger charge is 2.33. The molecule has 0 radical (unpaired) electrons. The van der Waals surface area contributed by atoms with Crippen LogP contribution in [0.1, 0.15) is 55.5 Å². The Hall–Kier alpha value is -3.31. The molecule has 1 atom stereocenters. The fourth-order valence-electron chi connectivity index (χ4n) is 4.40. The van der Waals surface area contributed by atoms with Gasteiger partial charge in [0.2, 0.25) is 0 Å². The van der Waals surface area contributed by atoms with Crippen molar-refractivity contribution in [2.45, 2.75) is 58.8 Å². The van der Waals surface area contributed by atoms with Crippen molar-refractivity contribution in [2.75, 3.05) is 13.7 Å². The van der Waals surface area contributed by atoms with Crippen LogP contribution >= 0.6 is 0 Å². The van der Waals surface area contributed by atoms with Crippen molar-refractivity contribution < 1.29 is 23.7 Å². The predicted octanol–water partition coefficient (Wildman–Crippen LogP) is 6.60. The zero-order chi connectivity index (χ0) is 25.0. The lowest BCUT2D eigenvalue weighted by Gasteiger charge is -2.29. The molecular weight excluding hydrogens is 440 g/mol. The molecule has 184 valence electrons. The number of benzene rings is 3. The smallest absolute Gasteiger partial charge is 0.339 e. The molecule has 0 fully saturated rings. The highest BCUT2D eigenvalue weighted by Crippen LogP contribution is 2.43. The maximum absolute atomic E-state index is 13.0. The van der Waals surface area contributed by atoms with Crippen LogP contribution in [-0.4, -0.2) is 25.3 Å². The van der Waals surface area contributed by atoms with Crippen molar-refractivity contribution in [1.82, 2.24) is 0 Å². The van der Waals surface area contributed by atoms with Gasteiger partial charge in [-0.25, -0.2) is 4.79 Å². The Morgan fingerprint density at radius 1 is 1.06 bits per heavy atom. The molecule has 1 aliphatic rings. The van der Waals surface area contributed by atoms with E-state index in [0.717, 1.165) is 58.6 Å². The Balaban J connectivity index is 1.88. The van der Waals surface area contributed by atoms with Crippen LogP contribution in [-0.2, 0) is 27.3 Å². The van der Waals surface area contributed by atoms with E-state index in [9.17, 15) is 4.79 Å². The van der Waals surface area contributed by atoms with Gasteiger partial charge < -0.3 is 18.9 Å². The van der Waals surface area contributed by atoms with Gasteiger partial charge in [-0.2, -0.15) is 0 Å². The number of hydrogen-bond acceptors (Lipinski definition) is 5. The maximum Gasteiger partial charge on any atom is 0.339 e. The van der Waals surface area contributed by atoms with Crippen LogP contribution in [0.15, 0.2) is 60.7 Å². The number of carbonyl (C=O) groups is 1. The molecule has 0 unspecified atom stereocenters. The average molecular weight is 475 g/mol. The molecule has 1 heterocycles. The number of esters is 1. The first kappa shape index (κ1) is 24.8. The van der Waals surface area contributed by atoms with E-state index >= 15 is 0 Å². The highest BCUT2D eigenvalue weighted by molar-refractivity contribution is 5.85. The van der Waals surface area contributed by atoms with Gasteiger partial charge in [0.1, 0.15) is 18.1 Å². The van der Waals surface area contributed by atoms with E-state index in [1.165, 1.54) is 7.11 Å². The molecule has 0 aliphatic carbocycles. The lowest BCUT2D eigenvalue weighted by Crippen LogP contribution is -2.29. The molecule has 1 aliphatic heterocycles. The third kappa shape index (κ3) is 5.85. The van der Waals surface area contributed by atoms with Gasteiger partial charge in [0.15, 0.2) is 6.10 Å². The number of rotatable bonds is 7. The number of carbonyl (C=O) groups excluding carboxylic acids is 1. The first-order chi connectivity index (χ1) is 16.8. The molecule has 0 N–H and O–H groups in total. The van der Waals surface area contributed by atoms with Crippen LogP contribution in [0.5, 0.6) is 11.5 Å². The Morgan fingerprint density at radius 3 is 2.54 bits per heavy atom.